The van der Waals surface area contributed by atoms with Gasteiger partial charge in [-0.2, -0.15) is 0 Å². The van der Waals surface area contributed by atoms with Crippen LogP contribution in [0.25, 0.3) is 0 Å². The fraction of sp³-hybridized carbons (Fsp3) is 0.400. The molecule has 0 saturated carbocycles. The summed E-state index contributed by atoms with van der Waals surface area (Å²) in [5, 5.41) is 2.83. The summed E-state index contributed by atoms with van der Waals surface area (Å²) in [7, 11) is -3.65. The first-order valence-corrected chi connectivity index (χ1v) is 9.75. The van der Waals surface area contributed by atoms with Crippen LogP contribution in [0.5, 0.6) is 0 Å². The van der Waals surface area contributed by atoms with Crippen molar-refractivity contribution in [2.24, 2.45) is 0 Å². The maximum absolute atomic E-state index is 13.1. The highest BCUT2D eigenvalue weighted by Gasteiger charge is 2.28. The summed E-state index contributed by atoms with van der Waals surface area (Å²) in [5.41, 5.74) is 0.403. The summed E-state index contributed by atoms with van der Waals surface area (Å²) >= 11 is 1.55. The van der Waals surface area contributed by atoms with Crippen molar-refractivity contribution in [3.63, 3.8) is 0 Å². The minimum absolute atomic E-state index is 0.0941. The number of nitrogens with zero attached hydrogens (tertiary/aromatic N) is 2. The van der Waals surface area contributed by atoms with Crippen molar-refractivity contribution in [2.45, 2.75) is 30.7 Å². The molecule has 23 heavy (non-hydrogen) atoms. The van der Waals surface area contributed by atoms with Gasteiger partial charge in [-0.3, -0.25) is 0 Å². The van der Waals surface area contributed by atoms with Crippen LogP contribution in [0.15, 0.2) is 34.7 Å². The van der Waals surface area contributed by atoms with E-state index in [9.17, 15) is 12.8 Å². The lowest BCUT2D eigenvalue weighted by Crippen LogP contribution is -2.40. The molecular formula is C15H18FN3O2S2. The van der Waals surface area contributed by atoms with E-state index in [1.54, 1.807) is 24.5 Å². The lowest BCUT2D eigenvalue weighted by molar-refractivity contribution is 0.565. The summed E-state index contributed by atoms with van der Waals surface area (Å²) in [6.45, 7) is 2.79. The van der Waals surface area contributed by atoms with Crippen molar-refractivity contribution in [1.82, 2.24) is 9.71 Å². The monoisotopic (exact) mass is 355 g/mol. The second-order valence-corrected chi connectivity index (χ2v) is 8.17. The zero-order valence-electron chi connectivity index (χ0n) is 12.7. The van der Waals surface area contributed by atoms with Gasteiger partial charge in [-0.1, -0.05) is 0 Å². The van der Waals surface area contributed by atoms with Gasteiger partial charge in [0.25, 0.3) is 0 Å². The van der Waals surface area contributed by atoms with E-state index < -0.39 is 15.8 Å². The van der Waals surface area contributed by atoms with Gasteiger partial charge in [-0.15, -0.1) is 11.3 Å². The topological polar surface area (TPSA) is 62.3 Å². The van der Waals surface area contributed by atoms with Gasteiger partial charge in [0, 0.05) is 30.7 Å². The molecule has 8 heteroatoms. The normalized spacial score (nSPS) is 18.5. The van der Waals surface area contributed by atoms with E-state index in [4.69, 9.17) is 0 Å². The molecule has 2 heterocycles. The van der Waals surface area contributed by atoms with E-state index in [0.717, 1.165) is 24.5 Å². The lowest BCUT2D eigenvalue weighted by atomic mass is 10.2. The number of sulfonamides is 1. The summed E-state index contributed by atoms with van der Waals surface area (Å²) in [4.78, 5) is 6.57. The fourth-order valence-corrected chi connectivity index (χ4v) is 4.89. The van der Waals surface area contributed by atoms with Gasteiger partial charge in [-0.05, 0) is 43.5 Å². The third-order valence-corrected chi connectivity index (χ3v) is 6.37. The molecule has 1 unspecified atom stereocenters. The molecule has 2 aromatic rings. The second-order valence-electron chi connectivity index (χ2n) is 5.57. The van der Waals surface area contributed by atoms with Crippen molar-refractivity contribution in [3.05, 3.63) is 41.2 Å². The van der Waals surface area contributed by atoms with Crippen LogP contribution in [0.3, 0.4) is 0 Å². The Kier molecular flexibility index (Phi) is 4.65. The van der Waals surface area contributed by atoms with Crippen molar-refractivity contribution in [2.75, 3.05) is 18.0 Å². The van der Waals surface area contributed by atoms with Crippen molar-refractivity contribution >= 4 is 26.5 Å². The molecule has 1 fully saturated rings. The Morgan fingerprint density at radius 3 is 3.00 bits per heavy atom. The summed E-state index contributed by atoms with van der Waals surface area (Å²) in [6, 6.07) is 3.79. The molecular weight excluding hydrogens is 337 g/mol. The van der Waals surface area contributed by atoms with Gasteiger partial charge in [0.1, 0.15) is 5.82 Å². The standard InChI is InChI=1S/C15H18FN3O2S2/c1-11-9-12(16)4-5-14(11)23(20,21)18-10-13-3-2-7-19(13)15-17-6-8-22-15/h4-6,8-9,13,18H,2-3,7,10H2,1H3. The van der Waals surface area contributed by atoms with E-state index in [1.807, 2.05) is 5.38 Å². The summed E-state index contributed by atoms with van der Waals surface area (Å²) in [6.07, 6.45) is 3.69. The number of nitrogens with one attached hydrogen (secondary N) is 1. The van der Waals surface area contributed by atoms with E-state index in [0.29, 0.717) is 12.1 Å². The zero-order chi connectivity index (χ0) is 16.4. The molecule has 0 bridgehead atoms. The van der Waals surface area contributed by atoms with Gasteiger partial charge in [0.2, 0.25) is 10.0 Å². The molecule has 0 amide bonds. The van der Waals surface area contributed by atoms with E-state index in [2.05, 4.69) is 14.6 Å². The second kappa shape index (κ2) is 6.54. The van der Waals surface area contributed by atoms with Crippen LogP contribution in [0, 0.1) is 12.7 Å². The fourth-order valence-electron chi connectivity index (χ4n) is 2.86. The first-order valence-electron chi connectivity index (χ1n) is 7.39. The molecule has 1 aliphatic rings. The van der Waals surface area contributed by atoms with Gasteiger partial charge >= 0.3 is 0 Å². The van der Waals surface area contributed by atoms with Crippen LogP contribution in [0.2, 0.25) is 0 Å². The third-order valence-electron chi connectivity index (χ3n) is 3.98. The molecule has 0 radical (unpaired) electrons. The molecule has 1 N–H and O–H groups in total. The van der Waals surface area contributed by atoms with Crippen molar-refractivity contribution in [3.8, 4) is 0 Å². The number of hydrogen-bond donors (Lipinski definition) is 1. The van der Waals surface area contributed by atoms with E-state index in [-0.39, 0.29) is 10.9 Å². The van der Waals surface area contributed by atoms with Crippen LogP contribution < -0.4 is 9.62 Å². The molecule has 5 nitrogen and oxygen atoms in total. The quantitative estimate of drug-likeness (QED) is 0.895. The SMILES string of the molecule is Cc1cc(F)ccc1S(=O)(=O)NCC1CCCN1c1nccs1. The predicted octanol–water partition coefficient (Wildman–Crippen LogP) is 2.54. The Balaban J connectivity index is 1.71. The Labute approximate surface area is 139 Å². The molecule has 0 aliphatic carbocycles. The number of anilines is 1. The molecule has 124 valence electrons. The van der Waals surface area contributed by atoms with Crippen LogP contribution in [-0.4, -0.2) is 32.5 Å². The Bertz CT molecular complexity index is 778. The first-order chi connectivity index (χ1) is 11.0. The van der Waals surface area contributed by atoms with Gasteiger partial charge in [0.15, 0.2) is 5.13 Å². The molecule has 3 rings (SSSR count). The number of rotatable bonds is 5. The largest absolute Gasteiger partial charge is 0.344 e. The predicted molar refractivity (Wildman–Crippen MR) is 88.8 cm³/mol. The Morgan fingerprint density at radius 1 is 1.48 bits per heavy atom. The Morgan fingerprint density at radius 2 is 2.30 bits per heavy atom. The average molecular weight is 355 g/mol. The van der Waals surface area contributed by atoms with Crippen molar-refractivity contribution < 1.29 is 12.8 Å². The minimum atomic E-state index is -3.65. The summed E-state index contributed by atoms with van der Waals surface area (Å²) < 4.78 is 40.7. The van der Waals surface area contributed by atoms with E-state index in [1.165, 1.54) is 18.2 Å². The zero-order valence-corrected chi connectivity index (χ0v) is 14.3. The smallest absolute Gasteiger partial charge is 0.240 e. The minimum Gasteiger partial charge on any atom is -0.344 e. The third kappa shape index (κ3) is 3.54. The van der Waals surface area contributed by atoms with Gasteiger partial charge in [0.05, 0.1) is 4.90 Å². The van der Waals surface area contributed by atoms with Crippen LogP contribution in [-0.2, 0) is 10.0 Å². The number of aryl methyl sites for hydroxylation is 1. The van der Waals surface area contributed by atoms with Crippen molar-refractivity contribution in [1.29, 1.82) is 0 Å². The van der Waals surface area contributed by atoms with E-state index >= 15 is 0 Å². The highest BCUT2D eigenvalue weighted by Crippen LogP contribution is 2.27. The summed E-state index contributed by atoms with van der Waals surface area (Å²) in [5.74, 6) is -0.438. The highest BCUT2D eigenvalue weighted by molar-refractivity contribution is 7.89. The molecule has 1 atom stereocenters. The number of thiazole rings is 1. The lowest BCUT2D eigenvalue weighted by Gasteiger charge is -2.24. The number of hydrogen-bond acceptors (Lipinski definition) is 5. The average Bonchev–Trinajstić information content (AvgIpc) is 3.15. The van der Waals surface area contributed by atoms with Gasteiger partial charge in [-0.25, -0.2) is 22.5 Å². The molecule has 0 spiro atoms. The maximum Gasteiger partial charge on any atom is 0.240 e. The van der Waals surface area contributed by atoms with Crippen LogP contribution >= 0.6 is 11.3 Å². The molecule has 1 aliphatic heterocycles. The maximum atomic E-state index is 13.1. The number of aromatic nitrogens is 1. The molecule has 1 aromatic carbocycles. The van der Waals surface area contributed by atoms with Gasteiger partial charge < -0.3 is 4.90 Å². The number of benzene rings is 1. The molecule has 1 aromatic heterocycles. The molecule has 1 saturated heterocycles. The Hall–Kier alpha value is -1.51. The first kappa shape index (κ1) is 16.4. The number of halogens is 1. The highest BCUT2D eigenvalue weighted by atomic mass is 32.2. The van der Waals surface area contributed by atoms with Crippen LogP contribution in [0.4, 0.5) is 9.52 Å². The van der Waals surface area contributed by atoms with Crippen LogP contribution in [0.1, 0.15) is 18.4 Å².